The van der Waals surface area contributed by atoms with E-state index in [4.69, 9.17) is 16.3 Å². The number of amides is 1. The van der Waals surface area contributed by atoms with Crippen LogP contribution in [0, 0.1) is 17.8 Å². The summed E-state index contributed by atoms with van der Waals surface area (Å²) in [5.74, 6) is 3.42. The second-order valence-corrected chi connectivity index (χ2v) is 9.13. The summed E-state index contributed by atoms with van der Waals surface area (Å²) in [5, 5.41) is 15.6. The first-order chi connectivity index (χ1) is 13.6. The number of para-hydroxylation sites is 1. The molecule has 1 N–H and O–H groups in total. The van der Waals surface area contributed by atoms with Gasteiger partial charge in [-0.15, -0.1) is 5.10 Å². The van der Waals surface area contributed by atoms with E-state index in [0.717, 1.165) is 37.0 Å². The number of halogens is 1. The molecular weight excluding hydrogens is 378 g/mol. The van der Waals surface area contributed by atoms with E-state index in [0.29, 0.717) is 16.6 Å². The number of carbonyl (C=O) groups excluding carboxylic acids is 1. The zero-order chi connectivity index (χ0) is 19.1. The number of ether oxygens (including phenoxy) is 1. The third-order valence-electron chi connectivity index (χ3n) is 6.54. The highest BCUT2D eigenvalue weighted by Gasteiger charge is 2.51. The van der Waals surface area contributed by atoms with Gasteiger partial charge in [0.2, 0.25) is 5.91 Å². The van der Waals surface area contributed by atoms with Crippen molar-refractivity contribution in [2.75, 3.05) is 0 Å². The van der Waals surface area contributed by atoms with Crippen molar-refractivity contribution in [3.05, 3.63) is 35.1 Å². The van der Waals surface area contributed by atoms with Crippen LogP contribution in [0.5, 0.6) is 5.75 Å². The number of nitrogens with zero attached hydrogens (tertiary/aromatic N) is 4. The summed E-state index contributed by atoms with van der Waals surface area (Å²) < 4.78 is 7.22. The number of nitrogens with one attached hydrogen (secondary N) is 1. The van der Waals surface area contributed by atoms with E-state index in [1.54, 1.807) is 12.1 Å². The second-order valence-electron chi connectivity index (χ2n) is 8.72. The monoisotopic (exact) mass is 401 g/mol. The molecule has 0 unspecified atom stereocenters. The Morgan fingerprint density at radius 2 is 1.86 bits per heavy atom. The van der Waals surface area contributed by atoms with Crippen molar-refractivity contribution in [2.45, 2.75) is 57.2 Å². The van der Waals surface area contributed by atoms with Crippen LogP contribution in [0.25, 0.3) is 0 Å². The summed E-state index contributed by atoms with van der Waals surface area (Å²) in [5.41, 5.74) is -0.00588. The van der Waals surface area contributed by atoms with Gasteiger partial charge in [-0.1, -0.05) is 23.7 Å². The van der Waals surface area contributed by atoms with E-state index in [1.807, 2.05) is 12.1 Å². The van der Waals surface area contributed by atoms with Gasteiger partial charge < -0.3 is 10.1 Å². The molecule has 4 aliphatic carbocycles. The third kappa shape index (κ3) is 3.48. The topological polar surface area (TPSA) is 81.9 Å². The molecule has 1 aromatic heterocycles. The van der Waals surface area contributed by atoms with Gasteiger partial charge in [0.15, 0.2) is 5.82 Å². The van der Waals surface area contributed by atoms with Gasteiger partial charge in [-0.05, 0) is 78.8 Å². The molecule has 4 fully saturated rings. The first-order valence-corrected chi connectivity index (χ1v) is 10.4. The smallest absolute Gasteiger partial charge is 0.242 e. The molecule has 4 saturated carbocycles. The van der Waals surface area contributed by atoms with Gasteiger partial charge in [-0.3, -0.25) is 4.79 Å². The highest BCUT2D eigenvalue weighted by molar-refractivity contribution is 6.32. The molecule has 2 aromatic rings. The summed E-state index contributed by atoms with van der Waals surface area (Å²) in [6.07, 6.45) is 7.44. The molecule has 1 amide bonds. The maximum Gasteiger partial charge on any atom is 0.242 e. The van der Waals surface area contributed by atoms with Crippen LogP contribution in [0.3, 0.4) is 0 Å². The Bertz CT molecular complexity index is 848. The Hall–Kier alpha value is -2.15. The fourth-order valence-electron chi connectivity index (χ4n) is 5.89. The van der Waals surface area contributed by atoms with Crippen molar-refractivity contribution < 1.29 is 9.53 Å². The SMILES string of the molecule is O=C(Cn1nnnc1COc1ccccc1Cl)NC12CC3CC(CC(C3)C1)C2. The van der Waals surface area contributed by atoms with Crippen LogP contribution in [0.1, 0.15) is 44.3 Å². The molecule has 28 heavy (non-hydrogen) atoms. The molecule has 0 radical (unpaired) electrons. The highest BCUT2D eigenvalue weighted by atomic mass is 35.5. The second kappa shape index (κ2) is 7.03. The average Bonchev–Trinajstić information content (AvgIpc) is 3.06. The molecule has 6 rings (SSSR count). The standard InChI is InChI=1S/C20H24ClN5O2/c21-16-3-1-2-4-17(16)28-12-18-23-24-25-26(18)11-19(27)22-20-8-13-5-14(9-20)7-15(6-13)10-20/h1-4,13-15H,5-12H2,(H,22,27). The third-order valence-corrected chi connectivity index (χ3v) is 6.85. The Kier molecular flexibility index (Phi) is 4.50. The van der Waals surface area contributed by atoms with Crippen molar-refractivity contribution in [1.29, 1.82) is 0 Å². The van der Waals surface area contributed by atoms with Crippen molar-refractivity contribution in [3.8, 4) is 5.75 Å². The minimum atomic E-state index is -0.0201. The van der Waals surface area contributed by atoms with Crippen molar-refractivity contribution in [3.63, 3.8) is 0 Å². The average molecular weight is 402 g/mol. The minimum absolute atomic E-state index is 0.00588. The van der Waals surface area contributed by atoms with E-state index in [-0.39, 0.29) is 24.6 Å². The number of tetrazole rings is 1. The fourth-order valence-corrected chi connectivity index (χ4v) is 6.08. The first kappa shape index (κ1) is 17.9. The molecule has 1 heterocycles. The lowest BCUT2D eigenvalue weighted by atomic mass is 9.53. The van der Waals surface area contributed by atoms with Crippen molar-refractivity contribution >= 4 is 17.5 Å². The number of benzene rings is 1. The van der Waals surface area contributed by atoms with Crippen LogP contribution >= 0.6 is 11.6 Å². The molecular formula is C20H24ClN5O2. The molecule has 8 heteroatoms. The lowest BCUT2D eigenvalue weighted by Gasteiger charge is -2.56. The normalized spacial score (nSPS) is 30.4. The van der Waals surface area contributed by atoms with Gasteiger partial charge in [-0.25, -0.2) is 4.68 Å². The summed E-state index contributed by atoms with van der Waals surface area (Å²) in [6.45, 7) is 0.261. The van der Waals surface area contributed by atoms with Gasteiger partial charge in [0.05, 0.1) is 5.02 Å². The number of hydrogen-bond acceptors (Lipinski definition) is 5. The lowest BCUT2D eigenvalue weighted by Crippen LogP contribution is -2.60. The lowest BCUT2D eigenvalue weighted by molar-refractivity contribution is -0.127. The van der Waals surface area contributed by atoms with E-state index in [2.05, 4.69) is 20.8 Å². The van der Waals surface area contributed by atoms with Gasteiger partial charge in [0, 0.05) is 5.54 Å². The summed E-state index contributed by atoms with van der Waals surface area (Å²) in [6, 6.07) is 7.24. The highest BCUT2D eigenvalue weighted by Crippen LogP contribution is 2.55. The van der Waals surface area contributed by atoms with E-state index >= 15 is 0 Å². The molecule has 0 spiro atoms. The fraction of sp³-hybridized carbons (Fsp3) is 0.600. The number of rotatable bonds is 6. The molecule has 4 aliphatic rings. The van der Waals surface area contributed by atoms with Crippen LogP contribution in [0.4, 0.5) is 0 Å². The maximum atomic E-state index is 12.8. The van der Waals surface area contributed by atoms with Gasteiger partial charge in [-0.2, -0.15) is 0 Å². The van der Waals surface area contributed by atoms with E-state index < -0.39 is 0 Å². The number of hydrogen-bond donors (Lipinski definition) is 1. The van der Waals surface area contributed by atoms with Gasteiger partial charge in [0.1, 0.15) is 18.9 Å². The Morgan fingerprint density at radius 3 is 2.54 bits per heavy atom. The van der Waals surface area contributed by atoms with Crippen molar-refractivity contribution in [2.24, 2.45) is 17.8 Å². The molecule has 0 saturated heterocycles. The number of carbonyl (C=O) groups is 1. The Balaban J connectivity index is 1.22. The Labute approximate surface area is 168 Å². The quantitative estimate of drug-likeness (QED) is 0.804. The zero-order valence-electron chi connectivity index (χ0n) is 15.7. The largest absolute Gasteiger partial charge is 0.484 e. The molecule has 0 aliphatic heterocycles. The molecule has 1 aromatic carbocycles. The van der Waals surface area contributed by atoms with Crippen LogP contribution in [0.2, 0.25) is 5.02 Å². The Morgan fingerprint density at radius 1 is 1.18 bits per heavy atom. The minimum Gasteiger partial charge on any atom is -0.484 e. The molecule has 4 bridgehead atoms. The summed E-state index contributed by atoms with van der Waals surface area (Å²) in [4.78, 5) is 12.8. The van der Waals surface area contributed by atoms with Crippen LogP contribution in [-0.2, 0) is 17.9 Å². The summed E-state index contributed by atoms with van der Waals surface area (Å²) >= 11 is 6.11. The number of aromatic nitrogens is 4. The van der Waals surface area contributed by atoms with Gasteiger partial charge >= 0.3 is 0 Å². The first-order valence-electron chi connectivity index (χ1n) is 10.0. The predicted octanol–water partition coefficient (Wildman–Crippen LogP) is 2.99. The predicted molar refractivity (Wildman–Crippen MR) is 103 cm³/mol. The molecule has 7 nitrogen and oxygen atoms in total. The van der Waals surface area contributed by atoms with Crippen molar-refractivity contribution in [1.82, 2.24) is 25.5 Å². The van der Waals surface area contributed by atoms with Crippen LogP contribution < -0.4 is 10.1 Å². The summed E-state index contributed by atoms with van der Waals surface area (Å²) in [7, 11) is 0. The molecule has 148 valence electrons. The van der Waals surface area contributed by atoms with Gasteiger partial charge in [0.25, 0.3) is 0 Å². The van der Waals surface area contributed by atoms with Crippen LogP contribution in [-0.4, -0.2) is 31.7 Å². The van der Waals surface area contributed by atoms with E-state index in [9.17, 15) is 4.79 Å². The van der Waals surface area contributed by atoms with Crippen LogP contribution in [0.15, 0.2) is 24.3 Å². The molecule has 0 atom stereocenters. The zero-order valence-corrected chi connectivity index (χ0v) is 16.4. The maximum absolute atomic E-state index is 12.8. The van der Waals surface area contributed by atoms with E-state index in [1.165, 1.54) is 23.9 Å².